The number of aromatic nitrogens is 4. The van der Waals surface area contributed by atoms with Gasteiger partial charge in [0.15, 0.2) is 11.5 Å². The molecule has 0 bridgehead atoms. The molecule has 5 aromatic rings. The number of imidazole rings is 1. The van der Waals surface area contributed by atoms with Gasteiger partial charge in [0.05, 0.1) is 11.9 Å². The van der Waals surface area contributed by atoms with Gasteiger partial charge in [0.2, 0.25) is 0 Å². The third-order valence-corrected chi connectivity index (χ3v) is 6.20. The van der Waals surface area contributed by atoms with E-state index in [-0.39, 0.29) is 0 Å². The zero-order valence-electron chi connectivity index (χ0n) is 18.0. The van der Waals surface area contributed by atoms with Gasteiger partial charge in [-0.05, 0) is 55.6 Å². The van der Waals surface area contributed by atoms with Crippen molar-refractivity contribution >= 4 is 33.7 Å². The highest BCUT2D eigenvalue weighted by Gasteiger charge is 2.15. The maximum Gasteiger partial charge on any atom is 0.154 e. The molecule has 0 saturated carbocycles. The summed E-state index contributed by atoms with van der Waals surface area (Å²) in [5, 5.41) is 9.49. The quantitative estimate of drug-likeness (QED) is 0.449. The van der Waals surface area contributed by atoms with Crippen LogP contribution in [0.15, 0.2) is 73.1 Å². The summed E-state index contributed by atoms with van der Waals surface area (Å²) < 4.78 is 1.90. The van der Waals surface area contributed by atoms with Gasteiger partial charge in [0, 0.05) is 60.2 Å². The molecular weight excluding hydrogens is 398 g/mol. The van der Waals surface area contributed by atoms with Crippen LogP contribution in [0.2, 0.25) is 0 Å². The Labute approximate surface area is 186 Å². The van der Waals surface area contributed by atoms with E-state index in [9.17, 15) is 0 Å². The van der Waals surface area contributed by atoms with E-state index in [0.29, 0.717) is 0 Å². The molecule has 6 rings (SSSR count). The van der Waals surface area contributed by atoms with Crippen molar-refractivity contribution in [2.24, 2.45) is 0 Å². The Bertz CT molecular complexity index is 1390. The minimum absolute atomic E-state index is 0.787. The van der Waals surface area contributed by atoms with Gasteiger partial charge in [0.25, 0.3) is 0 Å². The highest BCUT2D eigenvalue weighted by Crippen LogP contribution is 2.26. The fourth-order valence-electron chi connectivity index (χ4n) is 4.34. The van der Waals surface area contributed by atoms with E-state index in [1.165, 1.54) is 11.1 Å². The van der Waals surface area contributed by atoms with E-state index in [2.05, 4.69) is 80.7 Å². The molecule has 4 heterocycles. The number of fused-ring (bicyclic) bond motifs is 2. The first-order valence-corrected chi connectivity index (χ1v) is 11.0. The number of hydrogen-bond acceptors (Lipinski definition) is 5. The zero-order valence-corrected chi connectivity index (χ0v) is 18.0. The molecule has 3 aromatic heterocycles. The average molecular weight is 424 g/mol. The summed E-state index contributed by atoms with van der Waals surface area (Å²) in [6.07, 6.45) is 3.84. The maximum absolute atomic E-state index is 4.84. The third kappa shape index (κ3) is 3.46. The number of H-pyrrole nitrogens is 1. The number of benzene rings is 2. The van der Waals surface area contributed by atoms with Crippen molar-refractivity contribution < 1.29 is 0 Å². The summed E-state index contributed by atoms with van der Waals surface area (Å²) in [5.74, 6) is 0.787. The summed E-state index contributed by atoms with van der Waals surface area (Å²) >= 11 is 0. The summed E-state index contributed by atoms with van der Waals surface area (Å²) in [7, 11) is 2.18. The summed E-state index contributed by atoms with van der Waals surface area (Å²) in [6, 6.07) is 21.0. The third-order valence-electron chi connectivity index (χ3n) is 6.20. The lowest BCUT2D eigenvalue weighted by atomic mass is 10.1. The van der Waals surface area contributed by atoms with Crippen LogP contribution in [0.1, 0.15) is 0 Å². The van der Waals surface area contributed by atoms with Crippen molar-refractivity contribution in [1.29, 1.82) is 0 Å². The van der Waals surface area contributed by atoms with Crippen LogP contribution in [-0.2, 0) is 0 Å². The molecule has 1 aliphatic heterocycles. The molecule has 1 fully saturated rings. The fourth-order valence-corrected chi connectivity index (χ4v) is 4.34. The molecule has 0 aliphatic carbocycles. The van der Waals surface area contributed by atoms with Gasteiger partial charge in [-0.25, -0.2) is 9.50 Å². The van der Waals surface area contributed by atoms with E-state index >= 15 is 0 Å². The van der Waals surface area contributed by atoms with E-state index in [1.807, 2.05) is 29.0 Å². The van der Waals surface area contributed by atoms with Crippen LogP contribution in [0.3, 0.4) is 0 Å². The van der Waals surface area contributed by atoms with Gasteiger partial charge in [-0.15, -0.1) is 5.10 Å². The van der Waals surface area contributed by atoms with Crippen molar-refractivity contribution in [1.82, 2.24) is 24.5 Å². The highest BCUT2D eigenvalue weighted by molar-refractivity contribution is 5.84. The maximum atomic E-state index is 4.84. The van der Waals surface area contributed by atoms with E-state index in [1.54, 1.807) is 0 Å². The molecular formula is C25H25N7. The second-order valence-electron chi connectivity index (χ2n) is 8.38. The average Bonchev–Trinajstić information content (AvgIpc) is 3.46. The predicted molar refractivity (Wildman–Crippen MR) is 130 cm³/mol. The Morgan fingerprint density at radius 1 is 0.938 bits per heavy atom. The molecule has 32 heavy (non-hydrogen) atoms. The first-order chi connectivity index (χ1) is 15.7. The van der Waals surface area contributed by atoms with Gasteiger partial charge in [-0.1, -0.05) is 12.1 Å². The minimum atomic E-state index is 0.787. The molecule has 0 radical (unpaired) electrons. The van der Waals surface area contributed by atoms with Crippen molar-refractivity contribution in [3.63, 3.8) is 0 Å². The predicted octanol–water partition coefficient (Wildman–Crippen LogP) is 4.37. The van der Waals surface area contributed by atoms with Crippen molar-refractivity contribution in [2.45, 2.75) is 0 Å². The second-order valence-corrected chi connectivity index (χ2v) is 8.38. The molecule has 7 nitrogen and oxygen atoms in total. The Balaban J connectivity index is 1.30. The number of hydrogen-bond donors (Lipinski definition) is 2. The van der Waals surface area contributed by atoms with E-state index in [0.717, 1.165) is 60.1 Å². The molecule has 2 N–H and O–H groups in total. The molecule has 7 heteroatoms. The minimum Gasteiger partial charge on any atom is -0.369 e. The molecule has 1 saturated heterocycles. The molecule has 0 spiro atoms. The SMILES string of the molecule is CN1CCN(c2cccc(Nc3ccc4ncc(-c5ccc6[nH]ccc6c5)n4n3)c2)CC1. The standard InChI is InChI=1S/C25H25N7/c1-30-11-13-31(14-12-30)21-4-2-3-20(16-21)28-24-7-8-25-27-17-23(32(25)29-24)19-5-6-22-18(15-19)9-10-26-22/h2-10,15-17,26H,11-14H2,1H3,(H,28,29). The van der Waals surface area contributed by atoms with Crippen LogP contribution in [0.5, 0.6) is 0 Å². The van der Waals surface area contributed by atoms with Crippen LogP contribution in [-0.4, -0.2) is 57.7 Å². The van der Waals surface area contributed by atoms with Crippen molar-refractivity contribution in [3.8, 4) is 11.3 Å². The summed E-state index contributed by atoms with van der Waals surface area (Å²) in [6.45, 7) is 4.28. The molecule has 0 atom stereocenters. The van der Waals surface area contributed by atoms with Crippen LogP contribution >= 0.6 is 0 Å². The summed E-state index contributed by atoms with van der Waals surface area (Å²) in [5.41, 5.74) is 6.28. The molecule has 0 amide bonds. The first kappa shape index (κ1) is 18.9. The molecule has 160 valence electrons. The van der Waals surface area contributed by atoms with E-state index < -0.39 is 0 Å². The molecule has 1 aliphatic rings. The van der Waals surface area contributed by atoms with Gasteiger partial charge in [-0.2, -0.15) is 0 Å². The number of anilines is 3. The van der Waals surface area contributed by atoms with Gasteiger partial charge in [-0.3, -0.25) is 0 Å². The monoisotopic (exact) mass is 423 g/mol. The lowest BCUT2D eigenvalue weighted by Crippen LogP contribution is -2.44. The van der Waals surface area contributed by atoms with Crippen LogP contribution in [0, 0.1) is 0 Å². The van der Waals surface area contributed by atoms with Gasteiger partial charge in [0.1, 0.15) is 0 Å². The number of rotatable bonds is 4. The number of piperazine rings is 1. The number of nitrogens with zero attached hydrogens (tertiary/aromatic N) is 5. The molecule has 2 aromatic carbocycles. The Morgan fingerprint density at radius 2 is 1.84 bits per heavy atom. The lowest BCUT2D eigenvalue weighted by molar-refractivity contribution is 0.313. The first-order valence-electron chi connectivity index (χ1n) is 11.0. The summed E-state index contributed by atoms with van der Waals surface area (Å²) in [4.78, 5) is 12.6. The highest BCUT2D eigenvalue weighted by atomic mass is 15.3. The number of likely N-dealkylation sites (N-methyl/N-ethyl adjacent to an activating group) is 1. The fraction of sp³-hybridized carbons (Fsp3) is 0.200. The number of aromatic amines is 1. The van der Waals surface area contributed by atoms with Crippen LogP contribution in [0.25, 0.3) is 27.8 Å². The van der Waals surface area contributed by atoms with Crippen LogP contribution in [0.4, 0.5) is 17.2 Å². The largest absolute Gasteiger partial charge is 0.369 e. The number of nitrogens with one attached hydrogen (secondary N) is 2. The molecule has 0 unspecified atom stereocenters. The lowest BCUT2D eigenvalue weighted by Gasteiger charge is -2.34. The second kappa shape index (κ2) is 7.69. The van der Waals surface area contributed by atoms with Crippen molar-refractivity contribution in [2.75, 3.05) is 43.4 Å². The Kier molecular flexibility index (Phi) is 4.54. The topological polar surface area (TPSA) is 64.5 Å². The van der Waals surface area contributed by atoms with E-state index in [4.69, 9.17) is 5.10 Å². The van der Waals surface area contributed by atoms with Gasteiger partial charge >= 0.3 is 0 Å². The zero-order chi connectivity index (χ0) is 21.5. The normalized spacial score (nSPS) is 15.0. The smallest absolute Gasteiger partial charge is 0.154 e. The van der Waals surface area contributed by atoms with Gasteiger partial charge < -0.3 is 20.1 Å². The Morgan fingerprint density at radius 3 is 2.75 bits per heavy atom. The van der Waals surface area contributed by atoms with Crippen LogP contribution < -0.4 is 10.2 Å². The Hall–Kier alpha value is -3.84. The van der Waals surface area contributed by atoms with Crippen molar-refractivity contribution in [3.05, 3.63) is 73.1 Å².